The Hall–Kier alpha value is -0.610. The molecule has 1 saturated heterocycles. The van der Waals surface area contributed by atoms with Crippen LogP contribution >= 0.6 is 11.3 Å². The number of rotatable bonds is 3. The Kier molecular flexibility index (Phi) is 3.47. The summed E-state index contributed by atoms with van der Waals surface area (Å²) in [4.78, 5) is 8.65. The minimum absolute atomic E-state index is 0.172. The average Bonchev–Trinajstić information content (AvgIpc) is 3.26. The third-order valence-corrected chi connectivity index (χ3v) is 6.41. The number of aliphatic hydroxyl groups is 1. The molecule has 0 spiro atoms. The predicted octanol–water partition coefficient (Wildman–Crippen LogP) is 3.67. The number of thiazole rings is 1. The lowest BCUT2D eigenvalue weighted by Crippen LogP contribution is -2.46. The van der Waals surface area contributed by atoms with E-state index in [9.17, 15) is 5.11 Å². The zero-order valence-electron chi connectivity index (χ0n) is 12.1. The molecule has 4 rings (SSSR count). The fraction of sp³-hybridized carbons (Fsp3) is 0.812. The monoisotopic (exact) mass is 292 g/mol. The number of hydrogen-bond acceptors (Lipinski definition) is 4. The maximum atomic E-state index is 9.59. The first-order valence-corrected chi connectivity index (χ1v) is 9.05. The molecule has 2 saturated carbocycles. The molecule has 3 fully saturated rings. The van der Waals surface area contributed by atoms with Crippen LogP contribution < -0.4 is 4.90 Å². The lowest BCUT2D eigenvalue weighted by atomic mass is 9.78. The fourth-order valence-electron chi connectivity index (χ4n) is 4.12. The van der Waals surface area contributed by atoms with Crippen molar-refractivity contribution in [2.45, 2.75) is 69.9 Å². The molecule has 1 aliphatic heterocycles. The van der Waals surface area contributed by atoms with Crippen molar-refractivity contribution in [3.8, 4) is 0 Å². The fourth-order valence-corrected chi connectivity index (χ4v) is 5.21. The molecule has 3 aliphatic rings. The second-order valence-electron chi connectivity index (χ2n) is 6.68. The first-order chi connectivity index (χ1) is 9.86. The van der Waals surface area contributed by atoms with E-state index in [0.29, 0.717) is 5.92 Å². The summed E-state index contributed by atoms with van der Waals surface area (Å²) in [6.07, 6.45) is 10.8. The van der Waals surface area contributed by atoms with Gasteiger partial charge in [0.15, 0.2) is 5.13 Å². The summed E-state index contributed by atoms with van der Waals surface area (Å²) in [6, 6.07) is 0.724. The summed E-state index contributed by atoms with van der Waals surface area (Å²) in [7, 11) is 0. The third-order valence-electron chi connectivity index (χ3n) is 5.31. The number of aliphatic hydroxyl groups excluding tert-OH is 1. The molecule has 1 aromatic heterocycles. The van der Waals surface area contributed by atoms with E-state index in [-0.39, 0.29) is 6.61 Å². The Morgan fingerprint density at radius 2 is 1.90 bits per heavy atom. The number of anilines is 1. The predicted molar refractivity (Wildman–Crippen MR) is 82.3 cm³/mol. The van der Waals surface area contributed by atoms with E-state index in [1.807, 2.05) is 0 Å². The minimum atomic E-state index is 0.172. The van der Waals surface area contributed by atoms with Crippen molar-refractivity contribution in [3.05, 3.63) is 10.6 Å². The highest BCUT2D eigenvalue weighted by molar-refractivity contribution is 7.15. The van der Waals surface area contributed by atoms with Crippen molar-refractivity contribution in [2.75, 3.05) is 11.4 Å². The summed E-state index contributed by atoms with van der Waals surface area (Å²) in [5.41, 5.74) is 1.21. The van der Waals surface area contributed by atoms with Crippen molar-refractivity contribution in [1.29, 1.82) is 0 Å². The molecule has 0 amide bonds. The molecule has 1 N–H and O–H groups in total. The lowest BCUT2D eigenvalue weighted by molar-refractivity contribution is 0.243. The summed E-state index contributed by atoms with van der Waals surface area (Å²) >= 11 is 1.75. The van der Waals surface area contributed by atoms with E-state index in [2.05, 4.69) is 4.90 Å². The highest BCUT2D eigenvalue weighted by Gasteiger charge is 2.36. The molecule has 110 valence electrons. The van der Waals surface area contributed by atoms with Gasteiger partial charge < -0.3 is 10.0 Å². The highest BCUT2D eigenvalue weighted by Crippen LogP contribution is 2.46. The van der Waals surface area contributed by atoms with Gasteiger partial charge in [-0.2, -0.15) is 0 Å². The van der Waals surface area contributed by atoms with Gasteiger partial charge in [-0.15, -0.1) is 0 Å². The van der Waals surface area contributed by atoms with Gasteiger partial charge in [0.25, 0.3) is 0 Å². The van der Waals surface area contributed by atoms with Crippen LogP contribution in [0.4, 0.5) is 5.13 Å². The normalized spacial score (nSPS) is 30.4. The minimum Gasteiger partial charge on any atom is -0.391 e. The second-order valence-corrected chi connectivity index (χ2v) is 7.75. The van der Waals surface area contributed by atoms with Crippen molar-refractivity contribution in [3.63, 3.8) is 0 Å². The lowest BCUT2D eigenvalue weighted by Gasteiger charge is -2.44. The van der Waals surface area contributed by atoms with Crippen molar-refractivity contribution in [2.24, 2.45) is 5.92 Å². The van der Waals surface area contributed by atoms with E-state index >= 15 is 0 Å². The van der Waals surface area contributed by atoms with E-state index in [0.717, 1.165) is 16.8 Å². The van der Waals surface area contributed by atoms with Crippen LogP contribution in [-0.4, -0.2) is 22.7 Å². The van der Waals surface area contributed by atoms with Gasteiger partial charge in [0.2, 0.25) is 0 Å². The molecule has 2 aliphatic carbocycles. The van der Waals surface area contributed by atoms with Gasteiger partial charge in [0, 0.05) is 18.5 Å². The first-order valence-electron chi connectivity index (χ1n) is 8.24. The van der Waals surface area contributed by atoms with Gasteiger partial charge in [-0.1, -0.05) is 24.2 Å². The van der Waals surface area contributed by atoms with Crippen LogP contribution in [0.2, 0.25) is 0 Å². The number of piperidine rings is 1. The summed E-state index contributed by atoms with van der Waals surface area (Å²) < 4.78 is 0. The SMILES string of the molecule is OCc1sc(N2CCCC3CCCCC32)nc1C1CC1. The van der Waals surface area contributed by atoms with Crippen molar-refractivity contribution < 1.29 is 5.11 Å². The quantitative estimate of drug-likeness (QED) is 0.923. The van der Waals surface area contributed by atoms with Gasteiger partial charge in [-0.3, -0.25) is 0 Å². The molecule has 20 heavy (non-hydrogen) atoms. The third kappa shape index (κ3) is 2.27. The molecule has 3 nitrogen and oxygen atoms in total. The van der Waals surface area contributed by atoms with Crippen LogP contribution in [0.3, 0.4) is 0 Å². The highest BCUT2D eigenvalue weighted by atomic mass is 32.1. The van der Waals surface area contributed by atoms with Gasteiger partial charge in [0.05, 0.1) is 17.2 Å². The summed E-state index contributed by atoms with van der Waals surface area (Å²) in [6.45, 7) is 1.34. The van der Waals surface area contributed by atoms with Crippen LogP contribution in [0.1, 0.15) is 67.9 Å². The zero-order valence-corrected chi connectivity index (χ0v) is 12.9. The maximum absolute atomic E-state index is 9.59. The van der Waals surface area contributed by atoms with Crippen LogP contribution in [0.15, 0.2) is 0 Å². The molecular weight excluding hydrogens is 268 g/mol. The van der Waals surface area contributed by atoms with E-state index in [1.165, 1.54) is 68.7 Å². The van der Waals surface area contributed by atoms with E-state index < -0.39 is 0 Å². The van der Waals surface area contributed by atoms with Crippen molar-refractivity contribution >= 4 is 16.5 Å². The van der Waals surface area contributed by atoms with Crippen LogP contribution in [0.25, 0.3) is 0 Å². The molecule has 0 bridgehead atoms. The van der Waals surface area contributed by atoms with Crippen molar-refractivity contribution in [1.82, 2.24) is 4.98 Å². The van der Waals surface area contributed by atoms with Gasteiger partial charge >= 0.3 is 0 Å². The molecule has 1 aromatic rings. The molecule has 4 heteroatoms. The Morgan fingerprint density at radius 1 is 1.10 bits per heavy atom. The smallest absolute Gasteiger partial charge is 0.186 e. The second kappa shape index (κ2) is 5.30. The van der Waals surface area contributed by atoms with Crippen LogP contribution in [0, 0.1) is 5.92 Å². The standard InChI is InChI=1S/C16H24N2OS/c19-10-14-15(12-7-8-12)17-16(20-14)18-9-3-5-11-4-1-2-6-13(11)18/h11-13,19H,1-10H2. The van der Waals surface area contributed by atoms with Crippen LogP contribution in [0.5, 0.6) is 0 Å². The molecule has 2 unspecified atom stereocenters. The molecule has 0 radical (unpaired) electrons. The Morgan fingerprint density at radius 3 is 2.70 bits per heavy atom. The Balaban J connectivity index is 1.62. The van der Waals surface area contributed by atoms with Gasteiger partial charge in [-0.05, 0) is 44.4 Å². The largest absolute Gasteiger partial charge is 0.391 e. The number of nitrogens with zero attached hydrogens (tertiary/aromatic N) is 2. The zero-order chi connectivity index (χ0) is 13.5. The summed E-state index contributed by atoms with van der Waals surface area (Å²) in [5.74, 6) is 1.54. The Labute approximate surface area is 125 Å². The molecule has 2 heterocycles. The number of fused-ring (bicyclic) bond motifs is 1. The number of aromatic nitrogens is 1. The molecular formula is C16H24N2OS. The maximum Gasteiger partial charge on any atom is 0.186 e. The van der Waals surface area contributed by atoms with Gasteiger partial charge in [-0.25, -0.2) is 4.98 Å². The van der Waals surface area contributed by atoms with E-state index in [1.54, 1.807) is 11.3 Å². The van der Waals surface area contributed by atoms with Crippen LogP contribution in [-0.2, 0) is 6.61 Å². The average molecular weight is 292 g/mol. The topological polar surface area (TPSA) is 36.4 Å². The Bertz CT molecular complexity index is 481. The molecule has 0 aromatic carbocycles. The number of hydrogen-bond donors (Lipinski definition) is 1. The molecule has 2 atom stereocenters. The van der Waals surface area contributed by atoms with E-state index in [4.69, 9.17) is 4.98 Å². The summed E-state index contributed by atoms with van der Waals surface area (Å²) in [5, 5.41) is 10.8. The first kappa shape index (κ1) is 13.1. The van der Waals surface area contributed by atoms with Gasteiger partial charge in [0.1, 0.15) is 0 Å².